The van der Waals surface area contributed by atoms with E-state index in [0.717, 1.165) is 12.1 Å². The number of halogens is 5. The van der Waals surface area contributed by atoms with E-state index in [1.54, 1.807) is 5.32 Å². The number of nitro groups is 1. The van der Waals surface area contributed by atoms with Crippen LogP contribution in [0.25, 0.3) is 0 Å². The molecule has 14 heteroatoms. The molecule has 2 aromatic carbocycles. The lowest BCUT2D eigenvalue weighted by atomic mass is 10.3. The lowest BCUT2D eigenvalue weighted by molar-refractivity contribution is -0.385. The molecule has 0 unspecified atom stereocenters. The standard InChI is InChI=1S/C16H12Cl2F3N3O5S/c17-10-1-3-11(4-2-10)23(8-15(25)22-9-16(19,20)21)30(28,29)14-7-12(24(26)27)5-6-13(14)18/h1-7H,8-9H2,(H,22,25). The molecule has 1 amide bonds. The highest BCUT2D eigenvalue weighted by Gasteiger charge is 2.32. The summed E-state index contributed by atoms with van der Waals surface area (Å²) in [5, 5.41) is 12.4. The summed E-state index contributed by atoms with van der Waals surface area (Å²) in [6.07, 6.45) is -4.71. The monoisotopic (exact) mass is 485 g/mol. The topological polar surface area (TPSA) is 110 Å². The van der Waals surface area contributed by atoms with Crippen molar-refractivity contribution in [1.82, 2.24) is 5.32 Å². The Bertz CT molecular complexity index is 1060. The Kier molecular flexibility index (Phi) is 7.16. The Morgan fingerprint density at radius 2 is 1.73 bits per heavy atom. The molecule has 30 heavy (non-hydrogen) atoms. The molecule has 2 rings (SSSR count). The van der Waals surface area contributed by atoms with Crippen molar-refractivity contribution in [2.45, 2.75) is 11.1 Å². The van der Waals surface area contributed by atoms with Crippen molar-refractivity contribution in [3.05, 3.63) is 62.6 Å². The van der Waals surface area contributed by atoms with Crippen molar-refractivity contribution in [2.75, 3.05) is 17.4 Å². The fourth-order valence-electron chi connectivity index (χ4n) is 2.23. The number of sulfonamides is 1. The van der Waals surface area contributed by atoms with Crippen LogP contribution in [0.15, 0.2) is 47.4 Å². The molecule has 0 bridgehead atoms. The minimum Gasteiger partial charge on any atom is -0.345 e. The number of non-ortho nitro benzene ring substituents is 1. The molecule has 0 aromatic heterocycles. The van der Waals surface area contributed by atoms with Gasteiger partial charge in [0.1, 0.15) is 18.0 Å². The molecule has 0 spiro atoms. The minimum atomic E-state index is -4.71. The average molecular weight is 486 g/mol. The highest BCUT2D eigenvalue weighted by molar-refractivity contribution is 7.93. The van der Waals surface area contributed by atoms with Crippen LogP contribution in [0.3, 0.4) is 0 Å². The van der Waals surface area contributed by atoms with Crippen LogP contribution in [0.5, 0.6) is 0 Å². The summed E-state index contributed by atoms with van der Waals surface area (Å²) in [4.78, 5) is 21.4. The number of carbonyl (C=O) groups is 1. The van der Waals surface area contributed by atoms with Crippen LogP contribution in [0.4, 0.5) is 24.5 Å². The largest absolute Gasteiger partial charge is 0.405 e. The van der Waals surface area contributed by atoms with Crippen LogP contribution < -0.4 is 9.62 Å². The molecule has 0 aliphatic carbocycles. The van der Waals surface area contributed by atoms with E-state index in [4.69, 9.17) is 23.2 Å². The number of amides is 1. The van der Waals surface area contributed by atoms with Gasteiger partial charge in [-0.1, -0.05) is 23.2 Å². The zero-order chi connectivity index (χ0) is 22.7. The van der Waals surface area contributed by atoms with Gasteiger partial charge in [0.05, 0.1) is 15.6 Å². The van der Waals surface area contributed by atoms with E-state index < -0.39 is 50.7 Å². The van der Waals surface area contributed by atoms with Crippen molar-refractivity contribution in [3.8, 4) is 0 Å². The number of hydrogen-bond acceptors (Lipinski definition) is 5. The maximum absolute atomic E-state index is 13.1. The minimum absolute atomic E-state index is 0.121. The Morgan fingerprint density at radius 3 is 2.27 bits per heavy atom. The van der Waals surface area contributed by atoms with Gasteiger partial charge in [0.2, 0.25) is 5.91 Å². The lowest BCUT2D eigenvalue weighted by Crippen LogP contribution is -2.43. The number of nitro benzene ring substituents is 1. The first-order valence-electron chi connectivity index (χ1n) is 7.87. The van der Waals surface area contributed by atoms with Crippen molar-refractivity contribution >= 4 is 50.5 Å². The molecule has 0 heterocycles. The lowest BCUT2D eigenvalue weighted by Gasteiger charge is -2.24. The number of alkyl halides is 3. The van der Waals surface area contributed by atoms with Crippen molar-refractivity contribution in [2.24, 2.45) is 0 Å². The molecule has 0 aliphatic rings. The molecule has 0 saturated heterocycles. The number of nitrogens with one attached hydrogen (secondary N) is 1. The van der Waals surface area contributed by atoms with Crippen LogP contribution in [-0.2, 0) is 14.8 Å². The summed E-state index contributed by atoms with van der Waals surface area (Å²) in [5.41, 5.74) is -0.709. The van der Waals surface area contributed by atoms with Gasteiger partial charge in [-0.15, -0.1) is 0 Å². The first kappa shape index (κ1) is 23.7. The number of nitrogens with zero attached hydrogens (tertiary/aromatic N) is 2. The van der Waals surface area contributed by atoms with E-state index in [2.05, 4.69) is 0 Å². The Hall–Kier alpha value is -2.57. The van der Waals surface area contributed by atoms with Gasteiger partial charge < -0.3 is 5.32 Å². The van der Waals surface area contributed by atoms with Crippen molar-refractivity contribution < 1.29 is 31.3 Å². The van der Waals surface area contributed by atoms with Crippen LogP contribution in [-0.4, -0.2) is 38.5 Å². The summed E-state index contributed by atoms with van der Waals surface area (Å²) in [5.74, 6) is -1.26. The van der Waals surface area contributed by atoms with E-state index in [0.29, 0.717) is 10.4 Å². The maximum atomic E-state index is 13.1. The van der Waals surface area contributed by atoms with Gasteiger partial charge in [0.15, 0.2) is 0 Å². The molecule has 8 nitrogen and oxygen atoms in total. The van der Waals surface area contributed by atoms with Crippen LogP contribution in [0.2, 0.25) is 10.0 Å². The van der Waals surface area contributed by atoms with Crippen molar-refractivity contribution in [3.63, 3.8) is 0 Å². The number of benzene rings is 2. The second-order valence-electron chi connectivity index (χ2n) is 5.75. The molecule has 0 aliphatic heterocycles. The highest BCUT2D eigenvalue weighted by atomic mass is 35.5. The molecular weight excluding hydrogens is 474 g/mol. The molecule has 162 valence electrons. The normalized spacial score (nSPS) is 11.8. The fraction of sp³-hybridized carbons (Fsp3) is 0.188. The Balaban J connectivity index is 2.50. The third kappa shape index (κ3) is 5.97. The second kappa shape index (κ2) is 9.06. The summed E-state index contributed by atoms with van der Waals surface area (Å²) in [6, 6.07) is 7.66. The van der Waals surface area contributed by atoms with Crippen LogP contribution >= 0.6 is 23.2 Å². The van der Waals surface area contributed by atoms with Gasteiger partial charge in [-0.3, -0.25) is 19.2 Å². The predicted molar refractivity (Wildman–Crippen MR) is 103 cm³/mol. The van der Waals surface area contributed by atoms with E-state index in [9.17, 15) is 36.5 Å². The Labute approximate surface area is 178 Å². The van der Waals surface area contributed by atoms with Gasteiger partial charge in [-0.2, -0.15) is 13.2 Å². The summed E-state index contributed by atoms with van der Waals surface area (Å²) in [7, 11) is -4.69. The van der Waals surface area contributed by atoms with Gasteiger partial charge >= 0.3 is 6.18 Å². The maximum Gasteiger partial charge on any atom is 0.405 e. The Morgan fingerprint density at radius 1 is 1.13 bits per heavy atom. The van der Waals surface area contributed by atoms with Gasteiger partial charge in [-0.25, -0.2) is 8.42 Å². The number of carbonyl (C=O) groups excluding carboxylic acids is 1. The molecular formula is C16H12Cl2F3N3O5S. The molecule has 1 N–H and O–H groups in total. The highest BCUT2D eigenvalue weighted by Crippen LogP contribution is 2.31. The quantitative estimate of drug-likeness (QED) is 0.474. The molecule has 2 aromatic rings. The van der Waals surface area contributed by atoms with Crippen LogP contribution in [0, 0.1) is 10.1 Å². The SMILES string of the molecule is O=C(CN(c1ccc(Cl)cc1)S(=O)(=O)c1cc([N+](=O)[O-])ccc1Cl)NCC(F)(F)F. The van der Waals surface area contributed by atoms with E-state index >= 15 is 0 Å². The van der Waals surface area contributed by atoms with Crippen LogP contribution in [0.1, 0.15) is 0 Å². The zero-order valence-corrected chi connectivity index (χ0v) is 17.0. The molecule has 0 saturated carbocycles. The fourth-order valence-corrected chi connectivity index (χ4v) is 4.27. The first-order valence-corrected chi connectivity index (χ1v) is 10.1. The summed E-state index contributed by atoms with van der Waals surface area (Å²) < 4.78 is 63.8. The number of rotatable bonds is 7. The smallest absolute Gasteiger partial charge is 0.345 e. The first-order chi connectivity index (χ1) is 13.8. The van der Waals surface area contributed by atoms with Gasteiger partial charge in [-0.05, 0) is 30.3 Å². The van der Waals surface area contributed by atoms with E-state index in [1.165, 1.54) is 24.3 Å². The summed E-state index contributed by atoms with van der Waals surface area (Å²) >= 11 is 11.7. The second-order valence-corrected chi connectivity index (χ2v) is 8.43. The molecule has 0 radical (unpaired) electrons. The molecule has 0 fully saturated rings. The van der Waals surface area contributed by atoms with E-state index in [1.807, 2.05) is 0 Å². The number of anilines is 1. The number of hydrogen-bond donors (Lipinski definition) is 1. The zero-order valence-electron chi connectivity index (χ0n) is 14.7. The third-order valence-electron chi connectivity index (χ3n) is 3.58. The van der Waals surface area contributed by atoms with Gasteiger partial charge in [0, 0.05) is 17.2 Å². The predicted octanol–water partition coefficient (Wildman–Crippen LogP) is 3.78. The average Bonchev–Trinajstić information content (AvgIpc) is 2.64. The summed E-state index contributed by atoms with van der Waals surface area (Å²) in [6.45, 7) is -2.71. The molecule has 0 atom stereocenters. The third-order valence-corrected chi connectivity index (χ3v) is 6.09. The van der Waals surface area contributed by atoms with E-state index in [-0.39, 0.29) is 15.7 Å². The van der Waals surface area contributed by atoms with Gasteiger partial charge in [0.25, 0.3) is 15.7 Å². The van der Waals surface area contributed by atoms with Crippen molar-refractivity contribution in [1.29, 1.82) is 0 Å².